The van der Waals surface area contributed by atoms with Gasteiger partial charge in [-0.1, -0.05) is 32.6 Å². The van der Waals surface area contributed by atoms with Crippen LogP contribution >= 0.6 is 0 Å². The molecule has 20 heavy (non-hydrogen) atoms. The number of rotatable bonds is 6. The first kappa shape index (κ1) is 15.2. The molecule has 0 amide bonds. The molecule has 1 N–H and O–H groups in total. The first-order valence-corrected chi connectivity index (χ1v) is 7.96. The fourth-order valence-electron chi connectivity index (χ4n) is 3.10. The molecule has 1 aliphatic carbocycles. The lowest BCUT2D eigenvalue weighted by molar-refractivity contribution is -0.000476. The minimum atomic E-state index is -0.0565. The quantitative estimate of drug-likeness (QED) is 0.868. The smallest absolute Gasteiger partial charge is 0.251 e. The minimum Gasteiger partial charge on any atom is -0.370 e. The van der Waals surface area contributed by atoms with Crippen LogP contribution in [0.2, 0.25) is 0 Å². The van der Waals surface area contributed by atoms with E-state index in [-0.39, 0.29) is 11.7 Å². The van der Waals surface area contributed by atoms with Crippen molar-refractivity contribution in [3.63, 3.8) is 0 Å². The Kier molecular flexibility index (Phi) is 5.77. The molecule has 112 valence electrons. The molecular weight excluding hydrogens is 252 g/mol. The van der Waals surface area contributed by atoms with Gasteiger partial charge in [0.15, 0.2) is 0 Å². The van der Waals surface area contributed by atoms with Gasteiger partial charge in [0, 0.05) is 18.4 Å². The molecular formula is C16H26N2O2. The molecule has 1 heterocycles. The summed E-state index contributed by atoms with van der Waals surface area (Å²) in [5.74, 6) is 1.22. The number of hydrogen-bond donors (Lipinski definition) is 1. The van der Waals surface area contributed by atoms with Crippen LogP contribution in [0.5, 0.6) is 0 Å². The zero-order valence-corrected chi connectivity index (χ0v) is 12.7. The second-order valence-corrected chi connectivity index (χ2v) is 5.65. The Hall–Kier alpha value is -1.16. The summed E-state index contributed by atoms with van der Waals surface area (Å²) in [6, 6.07) is 1.61. The Morgan fingerprint density at radius 2 is 2.10 bits per heavy atom. The molecule has 0 aromatic carbocycles. The van der Waals surface area contributed by atoms with Crippen LogP contribution in [0.15, 0.2) is 10.9 Å². The molecule has 0 saturated heterocycles. The van der Waals surface area contributed by atoms with Crippen LogP contribution in [-0.4, -0.2) is 16.6 Å². The maximum Gasteiger partial charge on any atom is 0.251 e. The van der Waals surface area contributed by atoms with Gasteiger partial charge in [-0.05, 0) is 32.1 Å². The fourth-order valence-corrected chi connectivity index (χ4v) is 3.10. The highest BCUT2D eigenvalue weighted by atomic mass is 16.5. The lowest BCUT2D eigenvalue weighted by Gasteiger charge is -2.29. The molecule has 1 aromatic heterocycles. The minimum absolute atomic E-state index is 0.0511. The number of hydrogen-bond acceptors (Lipinski definition) is 3. The second-order valence-electron chi connectivity index (χ2n) is 5.65. The van der Waals surface area contributed by atoms with Crippen molar-refractivity contribution in [1.82, 2.24) is 9.97 Å². The lowest BCUT2D eigenvalue weighted by atomic mass is 9.85. The molecule has 0 spiro atoms. The maximum absolute atomic E-state index is 11.8. The van der Waals surface area contributed by atoms with Crippen LogP contribution in [0.4, 0.5) is 0 Å². The third-order valence-electron chi connectivity index (χ3n) is 4.01. The molecule has 4 nitrogen and oxygen atoms in total. The number of aryl methyl sites for hydroxylation is 1. The van der Waals surface area contributed by atoms with Crippen molar-refractivity contribution in [2.45, 2.75) is 64.9 Å². The molecule has 1 aliphatic rings. The Morgan fingerprint density at radius 3 is 2.75 bits per heavy atom. The van der Waals surface area contributed by atoms with Gasteiger partial charge < -0.3 is 9.72 Å². The standard InChI is InChI=1S/C16H26N2O2/c1-3-8-13-11-14(19)18-16(17-13)15(20-4-2)12-9-6-5-7-10-12/h11-12,15H,3-10H2,1-2H3,(H,17,18,19). The van der Waals surface area contributed by atoms with Gasteiger partial charge in [0.25, 0.3) is 5.56 Å². The Balaban J connectivity index is 2.25. The summed E-state index contributed by atoms with van der Waals surface area (Å²) in [4.78, 5) is 19.4. The van der Waals surface area contributed by atoms with E-state index in [0.717, 1.165) is 24.4 Å². The van der Waals surface area contributed by atoms with Crippen molar-refractivity contribution in [3.8, 4) is 0 Å². The number of aromatic amines is 1. The van der Waals surface area contributed by atoms with E-state index in [0.29, 0.717) is 12.5 Å². The second kappa shape index (κ2) is 7.58. The molecule has 0 bridgehead atoms. The molecule has 1 fully saturated rings. The normalized spacial score (nSPS) is 18.1. The average Bonchev–Trinajstić information content (AvgIpc) is 2.45. The van der Waals surface area contributed by atoms with Crippen molar-refractivity contribution < 1.29 is 4.74 Å². The highest BCUT2D eigenvalue weighted by molar-refractivity contribution is 5.06. The van der Waals surface area contributed by atoms with Gasteiger partial charge in [-0.15, -0.1) is 0 Å². The number of nitrogens with zero attached hydrogens (tertiary/aromatic N) is 1. The summed E-state index contributed by atoms with van der Waals surface area (Å²) < 4.78 is 5.92. The lowest BCUT2D eigenvalue weighted by Crippen LogP contribution is -2.24. The Bertz CT molecular complexity index is 464. The molecule has 4 heteroatoms. The van der Waals surface area contributed by atoms with E-state index in [2.05, 4.69) is 16.9 Å². The fraction of sp³-hybridized carbons (Fsp3) is 0.750. The van der Waals surface area contributed by atoms with E-state index in [9.17, 15) is 4.79 Å². The molecule has 0 aliphatic heterocycles. The van der Waals surface area contributed by atoms with Crippen LogP contribution in [0, 0.1) is 5.92 Å². The van der Waals surface area contributed by atoms with Gasteiger partial charge in [0.2, 0.25) is 0 Å². The van der Waals surface area contributed by atoms with Crippen LogP contribution in [-0.2, 0) is 11.2 Å². The van der Waals surface area contributed by atoms with E-state index in [1.165, 1.54) is 32.1 Å². The number of aromatic nitrogens is 2. The Morgan fingerprint density at radius 1 is 1.35 bits per heavy atom. The summed E-state index contributed by atoms with van der Waals surface area (Å²) in [5.41, 5.74) is 0.825. The Labute approximate surface area is 121 Å². The van der Waals surface area contributed by atoms with Gasteiger partial charge in [-0.3, -0.25) is 4.79 Å². The maximum atomic E-state index is 11.8. The van der Waals surface area contributed by atoms with E-state index in [1.807, 2.05) is 6.92 Å². The largest absolute Gasteiger partial charge is 0.370 e. The summed E-state index contributed by atoms with van der Waals surface area (Å²) in [6.07, 6.45) is 7.97. The summed E-state index contributed by atoms with van der Waals surface area (Å²) in [5, 5.41) is 0. The topological polar surface area (TPSA) is 55.0 Å². The van der Waals surface area contributed by atoms with Gasteiger partial charge in [-0.2, -0.15) is 0 Å². The highest BCUT2D eigenvalue weighted by Gasteiger charge is 2.27. The third-order valence-corrected chi connectivity index (χ3v) is 4.01. The highest BCUT2D eigenvalue weighted by Crippen LogP contribution is 2.35. The third kappa shape index (κ3) is 3.92. The van der Waals surface area contributed by atoms with Crippen molar-refractivity contribution in [2.75, 3.05) is 6.61 Å². The molecule has 1 atom stereocenters. The first-order valence-electron chi connectivity index (χ1n) is 7.96. The van der Waals surface area contributed by atoms with Crippen molar-refractivity contribution in [3.05, 3.63) is 27.9 Å². The van der Waals surface area contributed by atoms with Crippen molar-refractivity contribution in [2.24, 2.45) is 5.92 Å². The predicted molar refractivity (Wildman–Crippen MR) is 79.8 cm³/mol. The molecule has 1 saturated carbocycles. The van der Waals surface area contributed by atoms with Crippen LogP contribution in [0.3, 0.4) is 0 Å². The van der Waals surface area contributed by atoms with Crippen molar-refractivity contribution in [1.29, 1.82) is 0 Å². The van der Waals surface area contributed by atoms with Gasteiger partial charge in [-0.25, -0.2) is 4.98 Å². The van der Waals surface area contributed by atoms with Gasteiger partial charge >= 0.3 is 0 Å². The van der Waals surface area contributed by atoms with Crippen molar-refractivity contribution >= 4 is 0 Å². The van der Waals surface area contributed by atoms with E-state index in [4.69, 9.17) is 4.74 Å². The molecule has 2 rings (SSSR count). The number of H-pyrrole nitrogens is 1. The predicted octanol–water partition coefficient (Wildman–Crippen LogP) is 3.38. The summed E-state index contributed by atoms with van der Waals surface area (Å²) in [6.45, 7) is 4.76. The van der Waals surface area contributed by atoms with E-state index < -0.39 is 0 Å². The molecule has 1 aromatic rings. The zero-order valence-electron chi connectivity index (χ0n) is 12.7. The van der Waals surface area contributed by atoms with Crippen LogP contribution < -0.4 is 5.56 Å². The monoisotopic (exact) mass is 278 g/mol. The van der Waals surface area contributed by atoms with E-state index >= 15 is 0 Å². The number of ether oxygens (including phenoxy) is 1. The van der Waals surface area contributed by atoms with Gasteiger partial charge in [0.1, 0.15) is 11.9 Å². The van der Waals surface area contributed by atoms with E-state index in [1.54, 1.807) is 6.07 Å². The first-order chi connectivity index (χ1) is 9.74. The zero-order chi connectivity index (χ0) is 14.4. The summed E-state index contributed by atoms with van der Waals surface area (Å²) in [7, 11) is 0. The molecule has 0 radical (unpaired) electrons. The van der Waals surface area contributed by atoms with Crippen LogP contribution in [0.1, 0.15) is 70.0 Å². The number of nitrogens with one attached hydrogen (secondary N) is 1. The van der Waals surface area contributed by atoms with Gasteiger partial charge in [0.05, 0.1) is 0 Å². The van der Waals surface area contributed by atoms with Crippen LogP contribution in [0.25, 0.3) is 0 Å². The molecule has 1 unspecified atom stereocenters. The average molecular weight is 278 g/mol. The SMILES string of the molecule is CCCc1cc(=O)[nH]c(C(OCC)C2CCCCC2)n1. The summed E-state index contributed by atoms with van der Waals surface area (Å²) >= 11 is 0.